The summed E-state index contributed by atoms with van der Waals surface area (Å²) in [5, 5.41) is 8.92. The summed E-state index contributed by atoms with van der Waals surface area (Å²) in [6.45, 7) is 1.46. The fourth-order valence-corrected chi connectivity index (χ4v) is 2.91. The average molecular weight is 312 g/mol. The summed E-state index contributed by atoms with van der Waals surface area (Å²) in [5.74, 6) is -1.08. The van der Waals surface area contributed by atoms with Gasteiger partial charge in [0.1, 0.15) is 0 Å². The van der Waals surface area contributed by atoms with E-state index in [1.165, 1.54) is 25.1 Å². The van der Waals surface area contributed by atoms with Gasteiger partial charge >= 0.3 is 5.97 Å². The van der Waals surface area contributed by atoms with E-state index in [1.54, 1.807) is 0 Å². The van der Waals surface area contributed by atoms with Gasteiger partial charge in [-0.3, -0.25) is 4.79 Å². The molecule has 0 aromatic heterocycles. The van der Waals surface area contributed by atoms with Crippen molar-refractivity contribution in [1.29, 1.82) is 0 Å². The van der Waals surface area contributed by atoms with Crippen LogP contribution in [0.5, 0.6) is 0 Å². The Balaban J connectivity index is 2.92. The van der Waals surface area contributed by atoms with Crippen molar-refractivity contribution in [3.63, 3.8) is 0 Å². The third kappa shape index (κ3) is 4.13. The maximum atomic E-state index is 11.9. The van der Waals surface area contributed by atoms with E-state index >= 15 is 0 Å². The van der Waals surface area contributed by atoms with Crippen LogP contribution in [-0.2, 0) is 14.8 Å². The van der Waals surface area contributed by atoms with Crippen LogP contribution in [0.25, 0.3) is 0 Å². The lowest BCUT2D eigenvalue weighted by atomic mass is 10.3. The summed E-state index contributed by atoms with van der Waals surface area (Å²) in [4.78, 5) is 10.4. The lowest BCUT2D eigenvalue weighted by Gasteiger charge is -2.12. The molecule has 0 heterocycles. The first-order valence-electron chi connectivity index (χ1n) is 4.91. The molecule has 0 saturated carbocycles. The molecule has 2 N–H and O–H groups in total. The van der Waals surface area contributed by atoms with Gasteiger partial charge in [0, 0.05) is 6.04 Å². The Hall–Kier alpha value is -0.820. The van der Waals surface area contributed by atoms with Crippen LogP contribution in [0.3, 0.4) is 0 Å². The monoisotopic (exact) mass is 311 g/mol. The number of hydrogen-bond donors (Lipinski definition) is 2. The molecular weight excluding hydrogens is 301 g/mol. The van der Waals surface area contributed by atoms with Gasteiger partial charge in [0.15, 0.2) is 0 Å². The Morgan fingerprint density at radius 3 is 2.50 bits per heavy atom. The number of halogens is 2. The van der Waals surface area contributed by atoms with E-state index in [2.05, 4.69) is 4.72 Å². The normalized spacial score (nSPS) is 13.3. The molecular formula is C10H11Cl2NO4S. The van der Waals surface area contributed by atoms with E-state index in [1.807, 2.05) is 0 Å². The van der Waals surface area contributed by atoms with Crippen molar-refractivity contribution in [2.45, 2.75) is 24.3 Å². The molecule has 1 aromatic carbocycles. The number of rotatable bonds is 5. The van der Waals surface area contributed by atoms with Gasteiger partial charge in [-0.1, -0.05) is 23.2 Å². The molecule has 0 radical (unpaired) electrons. The maximum absolute atomic E-state index is 11.9. The molecule has 5 nitrogen and oxygen atoms in total. The predicted octanol–water partition coefficient (Wildman–Crippen LogP) is 2.13. The molecule has 1 rings (SSSR count). The molecule has 0 aliphatic rings. The lowest BCUT2D eigenvalue weighted by Crippen LogP contribution is -2.34. The highest BCUT2D eigenvalue weighted by atomic mass is 35.5. The van der Waals surface area contributed by atoms with E-state index in [0.717, 1.165) is 0 Å². The van der Waals surface area contributed by atoms with Crippen molar-refractivity contribution < 1.29 is 18.3 Å². The number of aliphatic carboxylic acids is 1. The van der Waals surface area contributed by atoms with Crippen LogP contribution in [0.1, 0.15) is 13.3 Å². The highest BCUT2D eigenvalue weighted by molar-refractivity contribution is 7.89. The molecule has 1 unspecified atom stereocenters. The lowest BCUT2D eigenvalue weighted by molar-refractivity contribution is -0.137. The van der Waals surface area contributed by atoms with Crippen molar-refractivity contribution >= 4 is 39.2 Å². The minimum Gasteiger partial charge on any atom is -0.481 e. The SMILES string of the molecule is CC(CC(=O)O)NS(=O)(=O)c1ccc(Cl)c(Cl)c1. The predicted molar refractivity (Wildman–Crippen MR) is 68.5 cm³/mol. The molecule has 0 aliphatic carbocycles. The van der Waals surface area contributed by atoms with Crippen LogP contribution in [-0.4, -0.2) is 25.5 Å². The van der Waals surface area contributed by atoms with Crippen LogP contribution in [0.2, 0.25) is 10.0 Å². The zero-order chi connectivity index (χ0) is 13.9. The van der Waals surface area contributed by atoms with Gasteiger partial charge in [0.25, 0.3) is 0 Å². The number of sulfonamides is 1. The van der Waals surface area contributed by atoms with E-state index in [4.69, 9.17) is 28.3 Å². The van der Waals surface area contributed by atoms with Crippen molar-refractivity contribution in [3.05, 3.63) is 28.2 Å². The van der Waals surface area contributed by atoms with E-state index in [0.29, 0.717) is 0 Å². The summed E-state index contributed by atoms with van der Waals surface area (Å²) in [5.41, 5.74) is 0. The summed E-state index contributed by atoms with van der Waals surface area (Å²) in [6.07, 6.45) is -0.305. The molecule has 100 valence electrons. The number of hydrogen-bond acceptors (Lipinski definition) is 3. The minimum absolute atomic E-state index is 0.0610. The zero-order valence-corrected chi connectivity index (χ0v) is 11.7. The number of carbonyl (C=O) groups is 1. The fraction of sp³-hybridized carbons (Fsp3) is 0.300. The summed E-state index contributed by atoms with van der Waals surface area (Å²) in [6, 6.07) is 3.14. The van der Waals surface area contributed by atoms with Gasteiger partial charge < -0.3 is 5.11 Å². The van der Waals surface area contributed by atoms with Gasteiger partial charge in [-0.25, -0.2) is 13.1 Å². The summed E-state index contributed by atoms with van der Waals surface area (Å²) in [7, 11) is -3.80. The molecule has 0 spiro atoms. The standard InChI is InChI=1S/C10H11Cl2NO4S/c1-6(4-10(14)15)13-18(16,17)7-2-3-8(11)9(12)5-7/h2-3,5-6,13H,4H2,1H3,(H,14,15). The number of benzene rings is 1. The molecule has 0 aliphatic heterocycles. The van der Waals surface area contributed by atoms with Gasteiger partial charge in [-0.2, -0.15) is 0 Å². The van der Waals surface area contributed by atoms with Crippen LogP contribution < -0.4 is 4.72 Å². The first-order valence-corrected chi connectivity index (χ1v) is 7.15. The van der Waals surface area contributed by atoms with Crippen molar-refractivity contribution in [3.8, 4) is 0 Å². The van der Waals surface area contributed by atoms with Crippen LogP contribution >= 0.6 is 23.2 Å². The van der Waals surface area contributed by atoms with Gasteiger partial charge in [0.2, 0.25) is 10.0 Å². The Labute approximate surface area is 115 Å². The Kier molecular flexibility index (Phi) is 4.98. The number of carboxylic acid groups (broad SMARTS) is 1. The fourth-order valence-electron chi connectivity index (χ4n) is 1.28. The Morgan fingerprint density at radius 2 is 2.00 bits per heavy atom. The minimum atomic E-state index is -3.80. The quantitative estimate of drug-likeness (QED) is 0.872. The maximum Gasteiger partial charge on any atom is 0.304 e. The smallest absolute Gasteiger partial charge is 0.304 e. The molecule has 8 heteroatoms. The summed E-state index contributed by atoms with van der Waals surface area (Å²) >= 11 is 11.4. The molecule has 18 heavy (non-hydrogen) atoms. The molecule has 0 saturated heterocycles. The van der Waals surface area contributed by atoms with Gasteiger partial charge in [-0.15, -0.1) is 0 Å². The third-order valence-corrected chi connectivity index (χ3v) is 4.36. The summed E-state index contributed by atoms with van der Waals surface area (Å²) < 4.78 is 26.0. The van der Waals surface area contributed by atoms with Crippen molar-refractivity contribution in [2.24, 2.45) is 0 Å². The molecule has 0 fully saturated rings. The Morgan fingerprint density at radius 1 is 1.39 bits per heavy atom. The number of carboxylic acids is 1. The van der Waals surface area contributed by atoms with Crippen LogP contribution in [0, 0.1) is 0 Å². The van der Waals surface area contributed by atoms with E-state index in [9.17, 15) is 13.2 Å². The van der Waals surface area contributed by atoms with Gasteiger partial charge in [-0.05, 0) is 25.1 Å². The second-order valence-corrected chi connectivity index (χ2v) is 6.22. The first kappa shape index (κ1) is 15.2. The second kappa shape index (κ2) is 5.88. The van der Waals surface area contributed by atoms with E-state index < -0.39 is 22.0 Å². The number of nitrogens with one attached hydrogen (secondary N) is 1. The average Bonchev–Trinajstić information content (AvgIpc) is 2.19. The molecule has 1 atom stereocenters. The Bertz CT molecular complexity index is 559. The largest absolute Gasteiger partial charge is 0.481 e. The third-order valence-electron chi connectivity index (χ3n) is 2.04. The molecule has 1 aromatic rings. The second-order valence-electron chi connectivity index (χ2n) is 3.70. The van der Waals surface area contributed by atoms with Crippen LogP contribution in [0.4, 0.5) is 0 Å². The highest BCUT2D eigenvalue weighted by Crippen LogP contribution is 2.24. The topological polar surface area (TPSA) is 83.5 Å². The highest BCUT2D eigenvalue weighted by Gasteiger charge is 2.19. The van der Waals surface area contributed by atoms with Gasteiger partial charge in [0.05, 0.1) is 21.4 Å². The first-order chi connectivity index (χ1) is 8.22. The van der Waals surface area contributed by atoms with Crippen molar-refractivity contribution in [2.75, 3.05) is 0 Å². The zero-order valence-electron chi connectivity index (χ0n) is 9.35. The van der Waals surface area contributed by atoms with Crippen molar-refractivity contribution in [1.82, 2.24) is 4.72 Å². The molecule has 0 bridgehead atoms. The van der Waals surface area contributed by atoms with Crippen LogP contribution in [0.15, 0.2) is 23.1 Å². The molecule has 0 amide bonds. The van der Waals surface area contributed by atoms with E-state index in [-0.39, 0.29) is 21.4 Å².